The molecule has 5 nitrogen and oxygen atoms in total. The fourth-order valence-electron chi connectivity index (χ4n) is 0.902. The van der Waals surface area contributed by atoms with Gasteiger partial charge in [-0.3, -0.25) is 0 Å². The normalized spacial score (nSPS) is 9.73. The van der Waals surface area contributed by atoms with Gasteiger partial charge >= 0.3 is 5.97 Å². The third kappa shape index (κ3) is 3.84. The molecule has 0 aromatic carbocycles. The van der Waals surface area contributed by atoms with Crippen molar-refractivity contribution in [3.05, 3.63) is 30.1 Å². The SMILES string of the molecule is C=C(C)C(=O)OCCc1ncnc(C)n1. The van der Waals surface area contributed by atoms with Gasteiger partial charge in [-0.2, -0.15) is 0 Å². The van der Waals surface area contributed by atoms with Crippen molar-refractivity contribution >= 4 is 5.97 Å². The van der Waals surface area contributed by atoms with Gasteiger partial charge in [0.05, 0.1) is 6.61 Å². The molecule has 5 heteroatoms. The van der Waals surface area contributed by atoms with Crippen LogP contribution in [0.25, 0.3) is 0 Å². The first-order valence-corrected chi connectivity index (χ1v) is 4.56. The van der Waals surface area contributed by atoms with E-state index in [4.69, 9.17) is 4.74 Å². The summed E-state index contributed by atoms with van der Waals surface area (Å²) in [6.07, 6.45) is 1.93. The van der Waals surface area contributed by atoms with Gasteiger partial charge in [-0.05, 0) is 13.8 Å². The van der Waals surface area contributed by atoms with E-state index in [0.717, 1.165) is 0 Å². The highest BCUT2D eigenvalue weighted by molar-refractivity contribution is 5.86. The summed E-state index contributed by atoms with van der Waals surface area (Å²) in [5, 5.41) is 0. The van der Waals surface area contributed by atoms with Crippen molar-refractivity contribution in [1.82, 2.24) is 15.0 Å². The first-order chi connectivity index (χ1) is 7.09. The standard InChI is InChI=1S/C10H13N3O2/c1-7(2)10(14)15-5-4-9-12-6-11-8(3)13-9/h6H,1,4-5H2,2-3H3. The Morgan fingerprint density at radius 2 is 2.27 bits per heavy atom. The Kier molecular flexibility index (Phi) is 3.91. The van der Waals surface area contributed by atoms with E-state index < -0.39 is 0 Å². The Balaban J connectivity index is 2.38. The molecule has 0 aliphatic heterocycles. The van der Waals surface area contributed by atoms with Gasteiger partial charge in [-0.1, -0.05) is 6.58 Å². The minimum Gasteiger partial charge on any atom is -0.462 e. The van der Waals surface area contributed by atoms with Crippen molar-refractivity contribution in [2.45, 2.75) is 20.3 Å². The highest BCUT2D eigenvalue weighted by atomic mass is 16.5. The number of ether oxygens (including phenoxy) is 1. The fourth-order valence-corrected chi connectivity index (χ4v) is 0.902. The lowest BCUT2D eigenvalue weighted by molar-refractivity contribution is -0.138. The van der Waals surface area contributed by atoms with Crippen LogP contribution in [0.1, 0.15) is 18.6 Å². The number of carbonyl (C=O) groups is 1. The van der Waals surface area contributed by atoms with Crippen LogP contribution in [0.5, 0.6) is 0 Å². The molecule has 1 aromatic rings. The lowest BCUT2D eigenvalue weighted by Gasteiger charge is -2.03. The van der Waals surface area contributed by atoms with Gasteiger partial charge in [-0.25, -0.2) is 19.7 Å². The number of aromatic nitrogens is 3. The van der Waals surface area contributed by atoms with Crippen molar-refractivity contribution < 1.29 is 9.53 Å². The first kappa shape index (κ1) is 11.3. The Morgan fingerprint density at radius 1 is 1.53 bits per heavy atom. The van der Waals surface area contributed by atoms with E-state index in [2.05, 4.69) is 21.5 Å². The molecule has 0 bridgehead atoms. The molecular weight excluding hydrogens is 194 g/mol. The van der Waals surface area contributed by atoms with Gasteiger partial charge in [0.25, 0.3) is 0 Å². The molecule has 0 spiro atoms. The van der Waals surface area contributed by atoms with Crippen molar-refractivity contribution in [1.29, 1.82) is 0 Å². The second-order valence-corrected chi connectivity index (χ2v) is 3.12. The lowest BCUT2D eigenvalue weighted by Crippen LogP contribution is -2.10. The van der Waals surface area contributed by atoms with E-state index in [9.17, 15) is 4.79 Å². The fraction of sp³-hybridized carbons (Fsp3) is 0.400. The van der Waals surface area contributed by atoms with Gasteiger partial charge < -0.3 is 4.74 Å². The molecule has 0 saturated heterocycles. The zero-order valence-corrected chi connectivity index (χ0v) is 8.86. The van der Waals surface area contributed by atoms with Crippen LogP contribution in [-0.4, -0.2) is 27.5 Å². The first-order valence-electron chi connectivity index (χ1n) is 4.56. The molecule has 0 amide bonds. The summed E-state index contributed by atoms with van der Waals surface area (Å²) in [5.74, 6) is 0.893. The summed E-state index contributed by atoms with van der Waals surface area (Å²) >= 11 is 0. The van der Waals surface area contributed by atoms with Gasteiger partial charge in [0.2, 0.25) is 0 Å². The van der Waals surface area contributed by atoms with Crippen LogP contribution < -0.4 is 0 Å². The third-order valence-electron chi connectivity index (χ3n) is 1.65. The smallest absolute Gasteiger partial charge is 0.333 e. The molecule has 80 valence electrons. The number of carbonyl (C=O) groups excluding carboxylic acids is 1. The van der Waals surface area contributed by atoms with Gasteiger partial charge in [0.15, 0.2) is 0 Å². The maximum Gasteiger partial charge on any atom is 0.333 e. The molecule has 0 aliphatic rings. The monoisotopic (exact) mass is 207 g/mol. The second kappa shape index (κ2) is 5.19. The molecule has 0 saturated carbocycles. The molecule has 0 N–H and O–H groups in total. The van der Waals surface area contributed by atoms with E-state index in [0.29, 0.717) is 23.6 Å². The Hall–Kier alpha value is -1.78. The van der Waals surface area contributed by atoms with Crippen molar-refractivity contribution in [2.24, 2.45) is 0 Å². The highest BCUT2D eigenvalue weighted by Gasteiger charge is 2.03. The average Bonchev–Trinajstić information content (AvgIpc) is 2.17. The summed E-state index contributed by atoms with van der Waals surface area (Å²) in [7, 11) is 0. The minimum atomic E-state index is -0.388. The zero-order chi connectivity index (χ0) is 11.3. The Labute approximate surface area is 88.2 Å². The van der Waals surface area contributed by atoms with Crippen molar-refractivity contribution in [2.75, 3.05) is 6.61 Å². The highest BCUT2D eigenvalue weighted by Crippen LogP contribution is 1.95. The number of rotatable bonds is 4. The average molecular weight is 207 g/mol. The molecule has 1 rings (SSSR count). The number of esters is 1. The molecule has 15 heavy (non-hydrogen) atoms. The Morgan fingerprint density at radius 3 is 2.87 bits per heavy atom. The molecule has 0 atom stereocenters. The molecular formula is C10H13N3O2. The molecule has 0 aliphatic carbocycles. The second-order valence-electron chi connectivity index (χ2n) is 3.12. The van der Waals surface area contributed by atoms with Crippen molar-refractivity contribution in [3.8, 4) is 0 Å². The quantitative estimate of drug-likeness (QED) is 0.540. The van der Waals surface area contributed by atoms with Crippen LogP contribution in [-0.2, 0) is 16.0 Å². The minimum absolute atomic E-state index is 0.259. The molecule has 0 unspecified atom stereocenters. The van der Waals surface area contributed by atoms with E-state index >= 15 is 0 Å². The zero-order valence-electron chi connectivity index (χ0n) is 8.86. The Bertz CT molecular complexity index is 377. The molecule has 0 fully saturated rings. The number of hydrogen-bond acceptors (Lipinski definition) is 5. The van der Waals surface area contributed by atoms with E-state index in [1.165, 1.54) is 6.33 Å². The summed E-state index contributed by atoms with van der Waals surface area (Å²) in [6.45, 7) is 7.13. The number of hydrogen-bond donors (Lipinski definition) is 0. The largest absolute Gasteiger partial charge is 0.462 e. The summed E-state index contributed by atoms with van der Waals surface area (Å²) in [4.78, 5) is 22.9. The van der Waals surface area contributed by atoms with Crippen LogP contribution in [0.15, 0.2) is 18.5 Å². The van der Waals surface area contributed by atoms with Crippen molar-refractivity contribution in [3.63, 3.8) is 0 Å². The van der Waals surface area contributed by atoms with Crippen LogP contribution in [0, 0.1) is 6.92 Å². The van der Waals surface area contributed by atoms with Crippen LogP contribution >= 0.6 is 0 Å². The van der Waals surface area contributed by atoms with E-state index in [1.807, 2.05) is 0 Å². The molecule has 0 radical (unpaired) electrons. The molecule has 1 aromatic heterocycles. The van der Waals surface area contributed by atoms with Crippen LogP contribution in [0.2, 0.25) is 0 Å². The summed E-state index contributed by atoms with van der Waals surface area (Å²) in [5.41, 5.74) is 0.391. The van der Waals surface area contributed by atoms with E-state index in [1.54, 1.807) is 13.8 Å². The van der Waals surface area contributed by atoms with Crippen LogP contribution in [0.3, 0.4) is 0 Å². The van der Waals surface area contributed by atoms with Crippen LogP contribution in [0.4, 0.5) is 0 Å². The van der Waals surface area contributed by atoms with Gasteiger partial charge in [0.1, 0.15) is 18.0 Å². The summed E-state index contributed by atoms with van der Waals surface area (Å²) in [6, 6.07) is 0. The summed E-state index contributed by atoms with van der Waals surface area (Å²) < 4.78 is 4.91. The lowest BCUT2D eigenvalue weighted by atomic mass is 10.3. The predicted molar refractivity (Wildman–Crippen MR) is 54.0 cm³/mol. The van der Waals surface area contributed by atoms with E-state index in [-0.39, 0.29) is 12.6 Å². The maximum absolute atomic E-state index is 11.0. The van der Waals surface area contributed by atoms with Gasteiger partial charge in [-0.15, -0.1) is 0 Å². The number of nitrogens with zero attached hydrogens (tertiary/aromatic N) is 3. The third-order valence-corrected chi connectivity index (χ3v) is 1.65. The topological polar surface area (TPSA) is 65.0 Å². The number of aryl methyl sites for hydroxylation is 1. The predicted octanol–water partition coefficient (Wildman–Crippen LogP) is 0.842. The maximum atomic E-state index is 11.0. The van der Waals surface area contributed by atoms with Gasteiger partial charge in [0, 0.05) is 12.0 Å². The molecule has 1 heterocycles.